The van der Waals surface area contributed by atoms with Crippen LogP contribution in [-0.2, 0) is 6.42 Å². The number of rotatable bonds is 2. The summed E-state index contributed by atoms with van der Waals surface area (Å²) in [5, 5.41) is 3.35. The maximum atomic E-state index is 13.6. The van der Waals surface area contributed by atoms with Gasteiger partial charge in [0.25, 0.3) is 0 Å². The highest BCUT2D eigenvalue weighted by molar-refractivity contribution is 5.32. The van der Waals surface area contributed by atoms with E-state index in [0.717, 1.165) is 36.9 Å². The SMILES string of the molecule is CCc1cccc(F)c1[C@H]1CCCN1. The Bertz CT molecular complexity index is 316. The van der Waals surface area contributed by atoms with Crippen LogP contribution in [0, 0.1) is 5.82 Å². The molecule has 0 spiro atoms. The van der Waals surface area contributed by atoms with Crippen molar-refractivity contribution in [2.24, 2.45) is 0 Å². The summed E-state index contributed by atoms with van der Waals surface area (Å²) in [5.41, 5.74) is 2.04. The minimum Gasteiger partial charge on any atom is -0.310 e. The Labute approximate surface area is 84.3 Å². The van der Waals surface area contributed by atoms with Crippen LogP contribution in [0.15, 0.2) is 18.2 Å². The third-order valence-electron chi connectivity index (χ3n) is 2.93. The molecule has 76 valence electrons. The Morgan fingerprint density at radius 2 is 2.36 bits per heavy atom. The van der Waals surface area contributed by atoms with Crippen molar-refractivity contribution in [1.82, 2.24) is 5.32 Å². The van der Waals surface area contributed by atoms with Crippen molar-refractivity contribution < 1.29 is 4.39 Å². The van der Waals surface area contributed by atoms with E-state index in [4.69, 9.17) is 0 Å². The van der Waals surface area contributed by atoms with Gasteiger partial charge in [-0.2, -0.15) is 0 Å². The fourth-order valence-electron chi connectivity index (χ4n) is 2.21. The number of nitrogens with one attached hydrogen (secondary N) is 1. The minimum atomic E-state index is -0.0521. The van der Waals surface area contributed by atoms with E-state index in [2.05, 4.69) is 12.2 Å². The normalized spacial score (nSPS) is 21.4. The van der Waals surface area contributed by atoms with Gasteiger partial charge in [-0.1, -0.05) is 19.1 Å². The molecule has 2 rings (SSSR count). The van der Waals surface area contributed by atoms with Crippen molar-refractivity contribution in [2.45, 2.75) is 32.2 Å². The number of aryl methyl sites for hydroxylation is 1. The van der Waals surface area contributed by atoms with E-state index in [1.54, 1.807) is 12.1 Å². The highest BCUT2D eigenvalue weighted by Gasteiger charge is 2.21. The van der Waals surface area contributed by atoms with Crippen LogP contribution >= 0.6 is 0 Å². The van der Waals surface area contributed by atoms with Crippen molar-refractivity contribution in [2.75, 3.05) is 6.54 Å². The summed E-state index contributed by atoms with van der Waals surface area (Å²) in [5.74, 6) is -0.0521. The summed E-state index contributed by atoms with van der Waals surface area (Å²) in [6.45, 7) is 3.09. The molecular formula is C12H16FN. The molecule has 0 aliphatic carbocycles. The summed E-state index contributed by atoms with van der Waals surface area (Å²) in [6.07, 6.45) is 3.13. The van der Waals surface area contributed by atoms with Gasteiger partial charge in [0.2, 0.25) is 0 Å². The van der Waals surface area contributed by atoms with Crippen LogP contribution in [0.2, 0.25) is 0 Å². The molecule has 2 heteroatoms. The minimum absolute atomic E-state index is 0.0521. The van der Waals surface area contributed by atoms with Gasteiger partial charge in [0.1, 0.15) is 5.82 Å². The molecule has 0 saturated carbocycles. The molecule has 1 saturated heterocycles. The average Bonchev–Trinajstić information content (AvgIpc) is 2.70. The molecule has 1 aliphatic rings. The van der Waals surface area contributed by atoms with E-state index in [-0.39, 0.29) is 11.9 Å². The lowest BCUT2D eigenvalue weighted by Gasteiger charge is -2.15. The molecule has 1 aromatic carbocycles. The van der Waals surface area contributed by atoms with Gasteiger partial charge < -0.3 is 5.32 Å². The van der Waals surface area contributed by atoms with Crippen molar-refractivity contribution >= 4 is 0 Å². The van der Waals surface area contributed by atoms with Crippen LogP contribution in [-0.4, -0.2) is 6.54 Å². The molecule has 0 aromatic heterocycles. The average molecular weight is 193 g/mol. The Balaban J connectivity index is 2.37. The zero-order chi connectivity index (χ0) is 9.97. The molecule has 0 unspecified atom stereocenters. The molecule has 1 aliphatic heterocycles. The molecule has 1 heterocycles. The molecule has 0 amide bonds. The van der Waals surface area contributed by atoms with Crippen molar-refractivity contribution in [1.29, 1.82) is 0 Å². The van der Waals surface area contributed by atoms with Crippen LogP contribution in [0.4, 0.5) is 4.39 Å². The van der Waals surface area contributed by atoms with Crippen LogP contribution < -0.4 is 5.32 Å². The fraction of sp³-hybridized carbons (Fsp3) is 0.500. The lowest BCUT2D eigenvalue weighted by Crippen LogP contribution is -2.16. The first-order chi connectivity index (χ1) is 6.83. The predicted octanol–water partition coefficient (Wildman–Crippen LogP) is 2.81. The van der Waals surface area contributed by atoms with Crippen LogP contribution in [0.25, 0.3) is 0 Å². The third kappa shape index (κ3) is 1.67. The van der Waals surface area contributed by atoms with Gasteiger partial charge in [0.15, 0.2) is 0 Å². The third-order valence-corrected chi connectivity index (χ3v) is 2.93. The largest absolute Gasteiger partial charge is 0.310 e. The van der Waals surface area contributed by atoms with Crippen LogP contribution in [0.3, 0.4) is 0 Å². The first kappa shape index (κ1) is 9.66. The first-order valence-corrected chi connectivity index (χ1v) is 5.33. The van der Waals surface area contributed by atoms with Gasteiger partial charge >= 0.3 is 0 Å². The van der Waals surface area contributed by atoms with Crippen molar-refractivity contribution in [3.05, 3.63) is 35.1 Å². The number of hydrogen-bond acceptors (Lipinski definition) is 1. The monoisotopic (exact) mass is 193 g/mol. The predicted molar refractivity (Wildman–Crippen MR) is 55.8 cm³/mol. The van der Waals surface area contributed by atoms with Gasteiger partial charge in [-0.25, -0.2) is 4.39 Å². The van der Waals surface area contributed by atoms with Gasteiger partial charge in [-0.15, -0.1) is 0 Å². The zero-order valence-electron chi connectivity index (χ0n) is 8.52. The molecule has 1 atom stereocenters. The Morgan fingerprint density at radius 1 is 1.50 bits per heavy atom. The Hall–Kier alpha value is -0.890. The number of benzene rings is 1. The summed E-state index contributed by atoms with van der Waals surface area (Å²) < 4.78 is 13.6. The van der Waals surface area contributed by atoms with Gasteiger partial charge in [-0.3, -0.25) is 0 Å². The van der Waals surface area contributed by atoms with Crippen LogP contribution in [0.5, 0.6) is 0 Å². The first-order valence-electron chi connectivity index (χ1n) is 5.33. The molecule has 1 aromatic rings. The summed E-state index contributed by atoms with van der Waals surface area (Å²) >= 11 is 0. The molecule has 1 fully saturated rings. The van der Waals surface area contributed by atoms with Gasteiger partial charge in [0.05, 0.1) is 0 Å². The molecule has 1 nitrogen and oxygen atoms in total. The molecule has 0 radical (unpaired) electrons. The van der Waals surface area contributed by atoms with E-state index in [1.165, 1.54) is 0 Å². The molecular weight excluding hydrogens is 177 g/mol. The van der Waals surface area contributed by atoms with E-state index in [0.29, 0.717) is 0 Å². The summed E-state index contributed by atoms with van der Waals surface area (Å²) in [6, 6.07) is 5.63. The standard InChI is InChI=1S/C12H16FN/c1-2-9-5-3-6-10(13)12(9)11-7-4-8-14-11/h3,5-6,11,14H,2,4,7-8H2,1H3/t11-/m1/s1. The molecule has 14 heavy (non-hydrogen) atoms. The Kier molecular flexibility index (Phi) is 2.82. The quantitative estimate of drug-likeness (QED) is 0.761. The summed E-state index contributed by atoms with van der Waals surface area (Å²) in [7, 11) is 0. The molecule has 0 bridgehead atoms. The second-order valence-corrected chi connectivity index (χ2v) is 3.82. The van der Waals surface area contributed by atoms with Crippen LogP contribution in [0.1, 0.15) is 36.9 Å². The van der Waals surface area contributed by atoms with Gasteiger partial charge in [0, 0.05) is 11.6 Å². The maximum absolute atomic E-state index is 13.6. The zero-order valence-corrected chi connectivity index (χ0v) is 8.52. The Morgan fingerprint density at radius 3 is 3.00 bits per heavy atom. The van der Waals surface area contributed by atoms with E-state index >= 15 is 0 Å². The highest BCUT2D eigenvalue weighted by Crippen LogP contribution is 2.28. The highest BCUT2D eigenvalue weighted by atomic mass is 19.1. The second kappa shape index (κ2) is 4.09. The van der Waals surface area contributed by atoms with Gasteiger partial charge in [-0.05, 0) is 37.4 Å². The second-order valence-electron chi connectivity index (χ2n) is 3.82. The fourth-order valence-corrected chi connectivity index (χ4v) is 2.21. The molecule has 1 N–H and O–H groups in total. The number of halogens is 1. The van der Waals surface area contributed by atoms with E-state index in [1.807, 2.05) is 6.07 Å². The lowest BCUT2D eigenvalue weighted by molar-refractivity contribution is 0.553. The number of hydrogen-bond donors (Lipinski definition) is 1. The maximum Gasteiger partial charge on any atom is 0.128 e. The van der Waals surface area contributed by atoms with E-state index in [9.17, 15) is 4.39 Å². The summed E-state index contributed by atoms with van der Waals surface area (Å²) in [4.78, 5) is 0. The topological polar surface area (TPSA) is 12.0 Å². The smallest absolute Gasteiger partial charge is 0.128 e. The van der Waals surface area contributed by atoms with E-state index < -0.39 is 0 Å². The lowest BCUT2D eigenvalue weighted by atomic mass is 9.97. The van der Waals surface area contributed by atoms with Crippen molar-refractivity contribution in [3.63, 3.8) is 0 Å². The van der Waals surface area contributed by atoms with Crippen molar-refractivity contribution in [3.8, 4) is 0 Å².